The Morgan fingerprint density at radius 1 is 1.00 bits per heavy atom. The van der Waals surface area contributed by atoms with Crippen LogP contribution in [0.4, 0.5) is 0 Å². The molecule has 0 aromatic heterocycles. The van der Waals surface area contributed by atoms with E-state index in [0.29, 0.717) is 5.75 Å². The predicted octanol–water partition coefficient (Wildman–Crippen LogP) is 5.16. The molecule has 0 saturated carbocycles. The fourth-order valence-electron chi connectivity index (χ4n) is 1.79. The van der Waals surface area contributed by atoms with Gasteiger partial charge in [0.15, 0.2) is 0 Å². The molecule has 0 heterocycles. The summed E-state index contributed by atoms with van der Waals surface area (Å²) in [6.07, 6.45) is 0. The van der Waals surface area contributed by atoms with E-state index in [1.165, 1.54) is 0 Å². The van der Waals surface area contributed by atoms with Gasteiger partial charge < -0.3 is 4.52 Å². The van der Waals surface area contributed by atoms with Crippen molar-refractivity contribution in [3.05, 3.63) is 40.9 Å². The number of rotatable bonds is 6. The normalized spacial score (nSPS) is 11.8. The van der Waals surface area contributed by atoms with Gasteiger partial charge in [-0.05, 0) is 48.9 Å². The maximum atomic E-state index is 12.3. The maximum Gasteiger partial charge on any atom is 0.530 e. The monoisotopic (exact) mass is 358 g/mol. The molecule has 4 nitrogen and oxygen atoms in total. The van der Waals surface area contributed by atoms with Gasteiger partial charge in [-0.1, -0.05) is 28.1 Å². The van der Waals surface area contributed by atoms with E-state index in [2.05, 4.69) is 15.9 Å². The van der Waals surface area contributed by atoms with Crippen molar-refractivity contribution in [1.29, 1.82) is 0 Å². The molecule has 108 valence electrons. The highest BCUT2D eigenvalue weighted by molar-refractivity contribution is 9.10. The largest absolute Gasteiger partial charge is 0.530 e. The van der Waals surface area contributed by atoms with Crippen molar-refractivity contribution in [2.45, 2.75) is 13.8 Å². The van der Waals surface area contributed by atoms with Crippen LogP contribution < -0.4 is 4.52 Å². The summed E-state index contributed by atoms with van der Waals surface area (Å²) in [6, 6.07) is 11.4. The van der Waals surface area contributed by atoms with Crippen LogP contribution >= 0.6 is 23.8 Å². The van der Waals surface area contributed by atoms with Crippen LogP contribution in [-0.4, -0.2) is 13.2 Å². The number of benzene rings is 2. The third kappa shape index (κ3) is 3.83. The van der Waals surface area contributed by atoms with Crippen LogP contribution in [0, 0.1) is 0 Å². The molecule has 0 radical (unpaired) electrons. The molecule has 2 rings (SSSR count). The molecule has 0 spiro atoms. The molecule has 0 aliphatic heterocycles. The van der Waals surface area contributed by atoms with Crippen molar-refractivity contribution in [2.24, 2.45) is 0 Å². The van der Waals surface area contributed by atoms with Gasteiger partial charge in [-0.15, -0.1) is 0 Å². The molecule has 2 aromatic rings. The van der Waals surface area contributed by atoms with Crippen LogP contribution in [0.2, 0.25) is 0 Å². The second-order valence-corrected chi connectivity index (χ2v) is 6.54. The molecule has 0 aliphatic carbocycles. The van der Waals surface area contributed by atoms with Crippen molar-refractivity contribution in [3.8, 4) is 5.75 Å². The van der Waals surface area contributed by atoms with Crippen molar-refractivity contribution in [3.63, 3.8) is 0 Å². The maximum absolute atomic E-state index is 12.3. The Morgan fingerprint density at radius 2 is 1.60 bits per heavy atom. The lowest BCUT2D eigenvalue weighted by atomic mass is 10.1. The number of phosphoric ester groups is 1. The van der Waals surface area contributed by atoms with Gasteiger partial charge in [-0.25, -0.2) is 4.57 Å². The summed E-state index contributed by atoms with van der Waals surface area (Å²) < 4.78 is 28.9. The van der Waals surface area contributed by atoms with Gasteiger partial charge in [-0.3, -0.25) is 9.05 Å². The average Bonchev–Trinajstić information content (AvgIpc) is 2.39. The molecule has 2 aromatic carbocycles. The van der Waals surface area contributed by atoms with E-state index >= 15 is 0 Å². The van der Waals surface area contributed by atoms with Crippen LogP contribution in [0.1, 0.15) is 13.8 Å². The molecular weight excluding hydrogens is 343 g/mol. The van der Waals surface area contributed by atoms with E-state index in [-0.39, 0.29) is 13.2 Å². The molecule has 6 heteroatoms. The van der Waals surface area contributed by atoms with Crippen LogP contribution in [0.5, 0.6) is 5.75 Å². The quantitative estimate of drug-likeness (QED) is 0.668. The second kappa shape index (κ2) is 6.72. The topological polar surface area (TPSA) is 44.8 Å². The van der Waals surface area contributed by atoms with Crippen LogP contribution in [0.3, 0.4) is 0 Å². The van der Waals surface area contributed by atoms with E-state index in [1.54, 1.807) is 19.9 Å². The average molecular weight is 359 g/mol. The van der Waals surface area contributed by atoms with Gasteiger partial charge >= 0.3 is 7.82 Å². The van der Waals surface area contributed by atoms with E-state index in [9.17, 15) is 4.57 Å². The zero-order valence-corrected chi connectivity index (χ0v) is 13.8. The van der Waals surface area contributed by atoms with E-state index < -0.39 is 7.82 Å². The zero-order chi connectivity index (χ0) is 14.6. The van der Waals surface area contributed by atoms with Gasteiger partial charge in [-0.2, -0.15) is 0 Å². The van der Waals surface area contributed by atoms with E-state index in [4.69, 9.17) is 13.6 Å². The number of halogens is 1. The molecule has 0 atom stereocenters. The lowest BCUT2D eigenvalue weighted by Gasteiger charge is -2.17. The second-order valence-electron chi connectivity index (χ2n) is 4.03. The van der Waals surface area contributed by atoms with Gasteiger partial charge in [0.2, 0.25) is 0 Å². The summed E-state index contributed by atoms with van der Waals surface area (Å²) >= 11 is 3.43. The minimum Gasteiger partial charge on any atom is -0.404 e. The fourth-order valence-corrected chi connectivity index (χ4v) is 3.35. The number of hydrogen-bond acceptors (Lipinski definition) is 4. The van der Waals surface area contributed by atoms with Gasteiger partial charge in [0.25, 0.3) is 0 Å². The molecule has 0 fully saturated rings. The Labute approximate surface area is 126 Å². The number of phosphoric acid groups is 1. The van der Waals surface area contributed by atoms with E-state index in [1.807, 2.05) is 30.3 Å². The third-order valence-corrected chi connectivity index (χ3v) is 4.64. The third-order valence-electron chi connectivity index (χ3n) is 2.57. The fraction of sp³-hybridized carbons (Fsp3) is 0.286. The van der Waals surface area contributed by atoms with Gasteiger partial charge in [0.05, 0.1) is 13.2 Å². The standard InChI is InChI=1S/C14H16BrO4P/c1-3-17-20(16,18-4-2)19-14-8-6-11-9-13(15)7-5-12(11)10-14/h5-10H,3-4H2,1-2H3. The molecule has 0 aliphatic rings. The molecule has 0 unspecified atom stereocenters. The van der Waals surface area contributed by atoms with Crippen molar-refractivity contribution in [2.75, 3.05) is 13.2 Å². The molecule has 20 heavy (non-hydrogen) atoms. The molecule has 0 bridgehead atoms. The van der Waals surface area contributed by atoms with Gasteiger partial charge in [0.1, 0.15) is 5.75 Å². The zero-order valence-electron chi connectivity index (χ0n) is 11.3. The number of hydrogen-bond donors (Lipinski definition) is 0. The first kappa shape index (κ1) is 15.5. The summed E-state index contributed by atoms with van der Waals surface area (Å²) in [7, 11) is -3.54. The Kier molecular flexibility index (Phi) is 5.22. The summed E-state index contributed by atoms with van der Waals surface area (Å²) in [4.78, 5) is 0. The summed E-state index contributed by atoms with van der Waals surface area (Å²) in [6.45, 7) is 4.01. The molecule has 0 N–H and O–H groups in total. The summed E-state index contributed by atoms with van der Waals surface area (Å²) in [5.74, 6) is 0.463. The van der Waals surface area contributed by atoms with Crippen molar-refractivity contribution >= 4 is 34.5 Å². The molecular formula is C14H16BrO4P. The Morgan fingerprint density at radius 3 is 2.25 bits per heavy atom. The van der Waals surface area contributed by atoms with Crippen LogP contribution in [0.25, 0.3) is 10.8 Å². The summed E-state index contributed by atoms with van der Waals surface area (Å²) in [5.41, 5.74) is 0. The lowest BCUT2D eigenvalue weighted by Crippen LogP contribution is -2.02. The first-order valence-electron chi connectivity index (χ1n) is 6.34. The molecule has 0 saturated heterocycles. The van der Waals surface area contributed by atoms with Crippen LogP contribution in [-0.2, 0) is 13.6 Å². The first-order valence-corrected chi connectivity index (χ1v) is 8.59. The highest BCUT2D eigenvalue weighted by Gasteiger charge is 2.27. The SMILES string of the molecule is CCOP(=O)(OCC)Oc1ccc2cc(Br)ccc2c1. The van der Waals surface area contributed by atoms with E-state index in [0.717, 1.165) is 15.2 Å². The smallest absolute Gasteiger partial charge is 0.404 e. The van der Waals surface area contributed by atoms with Crippen LogP contribution in [0.15, 0.2) is 40.9 Å². The lowest BCUT2D eigenvalue weighted by molar-refractivity contribution is 0.167. The highest BCUT2D eigenvalue weighted by Crippen LogP contribution is 2.49. The Hall–Kier alpha value is -0.870. The Bertz CT molecular complexity index is 634. The minimum absolute atomic E-state index is 0.262. The Balaban J connectivity index is 2.28. The minimum atomic E-state index is -3.54. The van der Waals surface area contributed by atoms with Crippen molar-refractivity contribution < 1.29 is 18.1 Å². The highest BCUT2D eigenvalue weighted by atomic mass is 79.9. The van der Waals surface area contributed by atoms with Crippen molar-refractivity contribution in [1.82, 2.24) is 0 Å². The first-order chi connectivity index (χ1) is 9.56. The predicted molar refractivity (Wildman–Crippen MR) is 83.1 cm³/mol. The van der Waals surface area contributed by atoms with Gasteiger partial charge in [0, 0.05) is 4.47 Å². The summed E-state index contributed by atoms with van der Waals surface area (Å²) in [5, 5.41) is 2.06. The number of fused-ring (bicyclic) bond motifs is 1. The molecule has 0 amide bonds.